The van der Waals surface area contributed by atoms with Gasteiger partial charge in [-0.1, -0.05) is 26.0 Å². The zero-order valence-electron chi connectivity index (χ0n) is 15.5. The molecule has 0 bridgehead atoms. The van der Waals surface area contributed by atoms with Gasteiger partial charge in [0, 0.05) is 12.8 Å². The van der Waals surface area contributed by atoms with Crippen LogP contribution in [0.25, 0.3) is 0 Å². The maximum Gasteiger partial charge on any atom is 0.262 e. The molecular weight excluding hydrogens is 330 g/mol. The molecule has 0 aliphatic carbocycles. The second-order valence-electron chi connectivity index (χ2n) is 7.00. The number of aromatic nitrogens is 2. The molecule has 0 spiro atoms. The van der Waals surface area contributed by atoms with Crippen LogP contribution in [-0.4, -0.2) is 35.0 Å². The van der Waals surface area contributed by atoms with E-state index in [9.17, 15) is 4.79 Å². The number of anilines is 1. The summed E-state index contributed by atoms with van der Waals surface area (Å²) in [5.41, 5.74) is 1.92. The third-order valence-electron chi connectivity index (χ3n) is 4.50. The van der Waals surface area contributed by atoms with Crippen LogP contribution in [0.5, 0.6) is 5.75 Å². The lowest BCUT2D eigenvalue weighted by atomic mass is 10.0. The fourth-order valence-electron chi connectivity index (χ4n) is 2.98. The highest BCUT2D eigenvalue weighted by Crippen LogP contribution is 2.19. The standard InChI is InChI=1S/C20H27N3O3/c1-15(2)16-6-8-18(9-7-16)26-14-20(24)22-17-11-21-23(12-17)13-19-5-3-4-10-25-19/h6-9,11-12,15,19H,3-5,10,13-14H2,1-2H3,(H,22,24). The van der Waals surface area contributed by atoms with Crippen LogP contribution < -0.4 is 10.1 Å². The van der Waals surface area contributed by atoms with Crippen molar-refractivity contribution in [1.82, 2.24) is 9.78 Å². The van der Waals surface area contributed by atoms with Crippen LogP contribution in [-0.2, 0) is 16.1 Å². The Kier molecular flexibility index (Phi) is 6.28. The van der Waals surface area contributed by atoms with Gasteiger partial charge in [-0.3, -0.25) is 9.48 Å². The number of hydrogen-bond donors (Lipinski definition) is 1. The minimum absolute atomic E-state index is 0.0298. The summed E-state index contributed by atoms with van der Waals surface area (Å²) in [4.78, 5) is 12.1. The van der Waals surface area contributed by atoms with Gasteiger partial charge < -0.3 is 14.8 Å². The number of carbonyl (C=O) groups is 1. The zero-order valence-corrected chi connectivity index (χ0v) is 15.5. The first-order chi connectivity index (χ1) is 12.6. The molecular formula is C20H27N3O3. The third-order valence-corrected chi connectivity index (χ3v) is 4.50. The lowest BCUT2D eigenvalue weighted by Gasteiger charge is -2.22. The van der Waals surface area contributed by atoms with Crippen molar-refractivity contribution in [3.63, 3.8) is 0 Å². The van der Waals surface area contributed by atoms with E-state index in [1.807, 2.05) is 35.1 Å². The van der Waals surface area contributed by atoms with Crippen molar-refractivity contribution in [2.45, 2.75) is 51.7 Å². The van der Waals surface area contributed by atoms with Gasteiger partial charge in [-0.25, -0.2) is 0 Å². The van der Waals surface area contributed by atoms with Crippen LogP contribution in [0.4, 0.5) is 5.69 Å². The molecule has 1 unspecified atom stereocenters. The van der Waals surface area contributed by atoms with Crippen molar-refractivity contribution < 1.29 is 14.3 Å². The molecule has 1 amide bonds. The summed E-state index contributed by atoms with van der Waals surface area (Å²) in [5.74, 6) is 0.962. The molecule has 0 radical (unpaired) electrons. The normalized spacial score (nSPS) is 17.3. The van der Waals surface area contributed by atoms with Crippen LogP contribution in [0.15, 0.2) is 36.7 Å². The summed E-state index contributed by atoms with van der Waals surface area (Å²) in [5, 5.41) is 7.10. The number of rotatable bonds is 7. The molecule has 6 nitrogen and oxygen atoms in total. The minimum atomic E-state index is -0.202. The molecule has 2 heterocycles. The summed E-state index contributed by atoms with van der Waals surface area (Å²) in [6.45, 7) is 5.80. The van der Waals surface area contributed by atoms with Crippen molar-refractivity contribution >= 4 is 11.6 Å². The SMILES string of the molecule is CC(C)c1ccc(OCC(=O)Nc2cnn(CC3CCCCO3)c2)cc1. The first kappa shape index (κ1) is 18.5. The summed E-state index contributed by atoms with van der Waals surface area (Å²) in [6.07, 6.45) is 7.09. The van der Waals surface area contributed by atoms with Gasteiger partial charge in [0.15, 0.2) is 6.61 Å². The molecule has 1 aromatic carbocycles. The molecule has 0 saturated carbocycles. The van der Waals surface area contributed by atoms with E-state index >= 15 is 0 Å². The maximum absolute atomic E-state index is 12.1. The molecule has 1 saturated heterocycles. The average Bonchev–Trinajstić information content (AvgIpc) is 3.08. The van der Waals surface area contributed by atoms with Crippen LogP contribution in [0.3, 0.4) is 0 Å². The van der Waals surface area contributed by atoms with E-state index in [1.165, 1.54) is 12.0 Å². The topological polar surface area (TPSA) is 65.4 Å². The van der Waals surface area contributed by atoms with Crippen LogP contribution in [0, 0.1) is 0 Å². The number of hydrogen-bond acceptors (Lipinski definition) is 4. The first-order valence-corrected chi connectivity index (χ1v) is 9.27. The highest BCUT2D eigenvalue weighted by Gasteiger charge is 2.15. The van der Waals surface area contributed by atoms with E-state index in [0.717, 1.165) is 19.4 Å². The van der Waals surface area contributed by atoms with Crippen molar-refractivity contribution in [1.29, 1.82) is 0 Å². The minimum Gasteiger partial charge on any atom is -0.484 e. The summed E-state index contributed by atoms with van der Waals surface area (Å²) >= 11 is 0. The third kappa shape index (κ3) is 5.33. The Morgan fingerprint density at radius 3 is 2.85 bits per heavy atom. The van der Waals surface area contributed by atoms with Crippen LogP contribution >= 0.6 is 0 Å². The van der Waals surface area contributed by atoms with E-state index in [-0.39, 0.29) is 18.6 Å². The van der Waals surface area contributed by atoms with Gasteiger partial charge in [0.1, 0.15) is 5.75 Å². The summed E-state index contributed by atoms with van der Waals surface area (Å²) in [7, 11) is 0. The molecule has 1 N–H and O–H groups in total. The van der Waals surface area contributed by atoms with Gasteiger partial charge in [0.05, 0.1) is 24.5 Å². The van der Waals surface area contributed by atoms with Gasteiger partial charge in [-0.15, -0.1) is 0 Å². The average molecular weight is 357 g/mol. The van der Waals surface area contributed by atoms with Crippen molar-refractivity contribution in [2.75, 3.05) is 18.5 Å². The maximum atomic E-state index is 12.1. The van der Waals surface area contributed by atoms with E-state index in [1.54, 1.807) is 6.20 Å². The predicted molar refractivity (Wildman–Crippen MR) is 100 cm³/mol. The second-order valence-corrected chi connectivity index (χ2v) is 7.00. The molecule has 26 heavy (non-hydrogen) atoms. The monoisotopic (exact) mass is 357 g/mol. The van der Waals surface area contributed by atoms with Crippen molar-refractivity contribution in [3.05, 3.63) is 42.2 Å². The Hall–Kier alpha value is -2.34. The van der Waals surface area contributed by atoms with E-state index in [2.05, 4.69) is 24.3 Å². The van der Waals surface area contributed by atoms with Gasteiger partial charge >= 0.3 is 0 Å². The molecule has 6 heteroatoms. The number of ether oxygens (including phenoxy) is 2. The number of benzene rings is 1. The van der Waals surface area contributed by atoms with E-state index in [0.29, 0.717) is 23.9 Å². The molecule has 1 aromatic heterocycles. The molecule has 1 atom stereocenters. The van der Waals surface area contributed by atoms with Crippen LogP contribution in [0.1, 0.15) is 44.6 Å². The second kappa shape index (κ2) is 8.85. The summed E-state index contributed by atoms with van der Waals surface area (Å²) < 4.78 is 13.1. The Morgan fingerprint density at radius 1 is 1.35 bits per heavy atom. The number of amides is 1. The quantitative estimate of drug-likeness (QED) is 0.822. The van der Waals surface area contributed by atoms with Crippen molar-refractivity contribution in [2.24, 2.45) is 0 Å². The van der Waals surface area contributed by atoms with Gasteiger partial charge in [-0.05, 0) is 42.9 Å². The fourth-order valence-corrected chi connectivity index (χ4v) is 2.98. The Labute approximate surface area is 154 Å². The molecule has 1 aliphatic heterocycles. The van der Waals surface area contributed by atoms with E-state index in [4.69, 9.17) is 9.47 Å². The summed E-state index contributed by atoms with van der Waals surface area (Å²) in [6, 6.07) is 7.83. The smallest absolute Gasteiger partial charge is 0.262 e. The molecule has 1 aliphatic rings. The Bertz CT molecular complexity index is 703. The number of nitrogens with one attached hydrogen (secondary N) is 1. The Morgan fingerprint density at radius 2 is 2.15 bits per heavy atom. The lowest BCUT2D eigenvalue weighted by Crippen LogP contribution is -2.24. The zero-order chi connectivity index (χ0) is 18.4. The van der Waals surface area contributed by atoms with Crippen molar-refractivity contribution in [3.8, 4) is 5.75 Å². The largest absolute Gasteiger partial charge is 0.484 e. The molecule has 1 fully saturated rings. The highest BCUT2D eigenvalue weighted by atomic mass is 16.5. The predicted octanol–water partition coefficient (Wildman–Crippen LogP) is 3.59. The Balaban J connectivity index is 1.44. The molecule has 140 valence electrons. The van der Waals surface area contributed by atoms with Gasteiger partial charge in [0.25, 0.3) is 5.91 Å². The molecule has 3 rings (SSSR count). The molecule has 2 aromatic rings. The van der Waals surface area contributed by atoms with E-state index < -0.39 is 0 Å². The highest BCUT2D eigenvalue weighted by molar-refractivity contribution is 5.91. The first-order valence-electron chi connectivity index (χ1n) is 9.27. The van der Waals surface area contributed by atoms with Gasteiger partial charge in [-0.2, -0.15) is 5.10 Å². The lowest BCUT2D eigenvalue weighted by molar-refractivity contribution is -0.118. The number of nitrogens with zero attached hydrogens (tertiary/aromatic N) is 2. The van der Waals surface area contributed by atoms with Gasteiger partial charge in [0.2, 0.25) is 0 Å². The fraction of sp³-hybridized carbons (Fsp3) is 0.500. The van der Waals surface area contributed by atoms with Crippen LogP contribution in [0.2, 0.25) is 0 Å². The number of carbonyl (C=O) groups excluding carboxylic acids is 1.